The molecule has 24 heavy (non-hydrogen) atoms. The second-order valence-electron chi connectivity index (χ2n) is 6.86. The van der Waals surface area contributed by atoms with Gasteiger partial charge in [-0.2, -0.15) is 0 Å². The van der Waals surface area contributed by atoms with Gasteiger partial charge in [0.05, 0.1) is 11.6 Å². The number of carbonyl (C=O) groups excluding carboxylic acids is 2. The zero-order chi connectivity index (χ0) is 17.3. The molecule has 5 nitrogen and oxygen atoms in total. The normalized spacial score (nSPS) is 23.2. The van der Waals surface area contributed by atoms with Gasteiger partial charge in [-0.15, -0.1) is 11.8 Å². The molecular formula is C18H25N3O2S. The highest BCUT2D eigenvalue weighted by molar-refractivity contribution is 7.98. The van der Waals surface area contributed by atoms with Crippen molar-refractivity contribution in [2.75, 3.05) is 33.4 Å². The highest BCUT2D eigenvalue weighted by Gasteiger charge is 2.44. The monoisotopic (exact) mass is 347 g/mol. The van der Waals surface area contributed by atoms with Crippen LogP contribution in [0, 0.1) is 11.8 Å². The van der Waals surface area contributed by atoms with Crippen LogP contribution in [0.4, 0.5) is 4.79 Å². The molecule has 2 atom stereocenters. The lowest BCUT2D eigenvalue weighted by molar-refractivity contribution is 0.0924. The number of rotatable bonds is 4. The third-order valence-electron chi connectivity index (χ3n) is 4.91. The molecule has 0 unspecified atom stereocenters. The zero-order valence-corrected chi connectivity index (χ0v) is 15.3. The Labute approximate surface area is 147 Å². The van der Waals surface area contributed by atoms with Crippen molar-refractivity contribution in [2.45, 2.75) is 23.8 Å². The maximum atomic E-state index is 12.7. The standard InChI is InChI=1S/C18H25N3O2S/c1-20(2)18(23)21-10-14(12-8-9-12)15(11-21)19-17(22)13-6-4-5-7-16(13)24-3/h4-7,12,14-15H,8-11H2,1-3H3,(H,19,22)/t14-,15+/m0/s1. The summed E-state index contributed by atoms with van der Waals surface area (Å²) in [7, 11) is 3.55. The Balaban J connectivity index is 1.72. The fourth-order valence-corrected chi connectivity index (χ4v) is 4.10. The summed E-state index contributed by atoms with van der Waals surface area (Å²) in [6.07, 6.45) is 4.40. The van der Waals surface area contributed by atoms with E-state index in [2.05, 4.69) is 5.32 Å². The highest BCUT2D eigenvalue weighted by Crippen LogP contribution is 2.41. The van der Waals surface area contributed by atoms with Crippen LogP contribution in [-0.4, -0.2) is 61.2 Å². The fraction of sp³-hybridized carbons (Fsp3) is 0.556. The van der Waals surface area contributed by atoms with Gasteiger partial charge < -0.3 is 15.1 Å². The third kappa shape index (κ3) is 3.53. The number of nitrogens with one attached hydrogen (secondary N) is 1. The van der Waals surface area contributed by atoms with Crippen molar-refractivity contribution in [1.82, 2.24) is 15.1 Å². The third-order valence-corrected chi connectivity index (χ3v) is 5.71. The molecule has 6 heteroatoms. The van der Waals surface area contributed by atoms with Crippen molar-refractivity contribution < 1.29 is 9.59 Å². The molecule has 1 heterocycles. The quantitative estimate of drug-likeness (QED) is 0.852. The van der Waals surface area contributed by atoms with E-state index < -0.39 is 0 Å². The molecule has 2 fully saturated rings. The highest BCUT2D eigenvalue weighted by atomic mass is 32.2. The molecule has 0 bridgehead atoms. The van der Waals surface area contributed by atoms with Crippen molar-refractivity contribution in [3.05, 3.63) is 29.8 Å². The van der Waals surface area contributed by atoms with Crippen molar-refractivity contribution in [3.63, 3.8) is 0 Å². The Morgan fingerprint density at radius 3 is 2.54 bits per heavy atom. The predicted octanol–water partition coefficient (Wildman–Crippen LogP) is 2.53. The largest absolute Gasteiger partial charge is 0.347 e. The molecule has 0 radical (unpaired) electrons. The molecule has 1 saturated heterocycles. The zero-order valence-electron chi connectivity index (χ0n) is 14.5. The SMILES string of the molecule is CSc1ccccc1C(=O)N[C@@H]1CN(C(=O)N(C)C)C[C@H]1C1CC1. The first-order valence-electron chi connectivity index (χ1n) is 8.41. The van der Waals surface area contributed by atoms with Crippen molar-refractivity contribution >= 4 is 23.7 Å². The summed E-state index contributed by atoms with van der Waals surface area (Å²) in [6.45, 7) is 1.35. The van der Waals surface area contributed by atoms with Gasteiger partial charge in [0.2, 0.25) is 0 Å². The maximum absolute atomic E-state index is 12.7. The molecule has 0 aromatic heterocycles. The van der Waals surface area contributed by atoms with Crippen LogP contribution in [0.15, 0.2) is 29.2 Å². The molecule has 1 aromatic carbocycles. The van der Waals surface area contributed by atoms with E-state index in [0.29, 0.717) is 18.4 Å². The molecule has 1 N–H and O–H groups in total. The summed E-state index contributed by atoms with van der Waals surface area (Å²) in [5, 5.41) is 3.20. The van der Waals surface area contributed by atoms with Crippen LogP contribution < -0.4 is 5.32 Å². The van der Waals surface area contributed by atoms with Gasteiger partial charge in [-0.05, 0) is 37.1 Å². The average Bonchev–Trinajstić information content (AvgIpc) is 3.34. The second kappa shape index (κ2) is 7.05. The lowest BCUT2D eigenvalue weighted by atomic mass is 9.98. The van der Waals surface area contributed by atoms with E-state index in [4.69, 9.17) is 0 Å². The van der Waals surface area contributed by atoms with E-state index in [9.17, 15) is 9.59 Å². The Morgan fingerprint density at radius 2 is 1.92 bits per heavy atom. The van der Waals surface area contributed by atoms with Gasteiger partial charge in [0, 0.05) is 38.0 Å². The predicted molar refractivity (Wildman–Crippen MR) is 96.3 cm³/mol. The van der Waals surface area contributed by atoms with E-state index >= 15 is 0 Å². The average molecular weight is 347 g/mol. The molecule has 3 amide bonds. The molecule has 3 rings (SSSR count). The van der Waals surface area contributed by atoms with Crippen LogP contribution in [0.1, 0.15) is 23.2 Å². The minimum atomic E-state index is -0.0326. The minimum Gasteiger partial charge on any atom is -0.347 e. The van der Waals surface area contributed by atoms with E-state index in [0.717, 1.165) is 17.0 Å². The Kier molecular flexibility index (Phi) is 5.04. The second-order valence-corrected chi connectivity index (χ2v) is 7.71. The van der Waals surface area contributed by atoms with Gasteiger partial charge >= 0.3 is 6.03 Å². The van der Waals surface area contributed by atoms with Gasteiger partial charge in [-0.3, -0.25) is 4.79 Å². The number of amides is 3. The number of thioether (sulfide) groups is 1. The molecule has 0 spiro atoms. The first-order valence-corrected chi connectivity index (χ1v) is 9.64. The van der Waals surface area contributed by atoms with E-state index in [1.807, 2.05) is 35.4 Å². The van der Waals surface area contributed by atoms with Crippen LogP contribution in [0.2, 0.25) is 0 Å². The lowest BCUT2D eigenvalue weighted by Crippen LogP contribution is -2.43. The van der Waals surface area contributed by atoms with Crippen LogP contribution in [0.25, 0.3) is 0 Å². The number of hydrogen-bond donors (Lipinski definition) is 1. The fourth-order valence-electron chi connectivity index (χ4n) is 3.50. The minimum absolute atomic E-state index is 0.0295. The van der Waals surface area contributed by atoms with Crippen molar-refractivity contribution in [2.24, 2.45) is 11.8 Å². The number of nitrogens with zero attached hydrogens (tertiary/aromatic N) is 2. The first kappa shape index (κ1) is 17.1. The summed E-state index contributed by atoms with van der Waals surface area (Å²) in [4.78, 5) is 29.5. The summed E-state index contributed by atoms with van der Waals surface area (Å²) >= 11 is 1.58. The Hall–Kier alpha value is -1.69. The smallest absolute Gasteiger partial charge is 0.319 e. The number of carbonyl (C=O) groups is 2. The lowest BCUT2D eigenvalue weighted by Gasteiger charge is -2.21. The van der Waals surface area contributed by atoms with E-state index in [1.165, 1.54) is 12.8 Å². The topological polar surface area (TPSA) is 52.7 Å². The van der Waals surface area contributed by atoms with Gasteiger partial charge in [0.1, 0.15) is 0 Å². The molecule has 130 valence electrons. The first-order chi connectivity index (χ1) is 11.5. The maximum Gasteiger partial charge on any atom is 0.319 e. The van der Waals surface area contributed by atoms with E-state index in [-0.39, 0.29) is 18.0 Å². The van der Waals surface area contributed by atoms with Crippen molar-refractivity contribution in [1.29, 1.82) is 0 Å². The number of benzene rings is 1. The van der Waals surface area contributed by atoms with E-state index in [1.54, 1.807) is 30.8 Å². The van der Waals surface area contributed by atoms with Crippen LogP contribution in [-0.2, 0) is 0 Å². The summed E-state index contributed by atoms with van der Waals surface area (Å²) in [6, 6.07) is 7.75. The van der Waals surface area contributed by atoms with Crippen LogP contribution in [0.3, 0.4) is 0 Å². The summed E-state index contributed by atoms with van der Waals surface area (Å²) in [5.74, 6) is 0.986. The number of hydrogen-bond acceptors (Lipinski definition) is 3. The van der Waals surface area contributed by atoms with Gasteiger partial charge in [0.15, 0.2) is 0 Å². The number of urea groups is 1. The summed E-state index contributed by atoms with van der Waals surface area (Å²) in [5.41, 5.74) is 0.719. The van der Waals surface area contributed by atoms with Gasteiger partial charge in [0.25, 0.3) is 5.91 Å². The van der Waals surface area contributed by atoms with Crippen LogP contribution >= 0.6 is 11.8 Å². The molecule has 1 saturated carbocycles. The molecule has 2 aliphatic rings. The molecule has 1 aliphatic carbocycles. The van der Waals surface area contributed by atoms with Gasteiger partial charge in [-0.1, -0.05) is 12.1 Å². The van der Waals surface area contributed by atoms with Crippen LogP contribution in [0.5, 0.6) is 0 Å². The molecule has 1 aromatic rings. The molecule has 1 aliphatic heterocycles. The van der Waals surface area contributed by atoms with Gasteiger partial charge in [-0.25, -0.2) is 4.79 Å². The van der Waals surface area contributed by atoms with Crippen molar-refractivity contribution in [3.8, 4) is 0 Å². The Morgan fingerprint density at radius 1 is 1.21 bits per heavy atom. The molecular weight excluding hydrogens is 322 g/mol. The summed E-state index contributed by atoms with van der Waals surface area (Å²) < 4.78 is 0. The Bertz CT molecular complexity index is 630. The number of likely N-dealkylation sites (tertiary alicyclic amines) is 1.